The minimum atomic E-state index is -0.513. The minimum Gasteiger partial charge on any atom is -0.489 e. The molecule has 1 aromatic heterocycles. The molecule has 1 saturated carbocycles. The van der Waals surface area contributed by atoms with Gasteiger partial charge in [-0.2, -0.15) is 0 Å². The minimum absolute atomic E-state index is 0.232. The quantitative estimate of drug-likeness (QED) is 0.764. The molecule has 1 aromatic rings. The van der Waals surface area contributed by atoms with Gasteiger partial charge in [0.15, 0.2) is 0 Å². The van der Waals surface area contributed by atoms with Gasteiger partial charge in [-0.15, -0.1) is 0 Å². The van der Waals surface area contributed by atoms with Crippen molar-refractivity contribution in [1.82, 2.24) is 4.98 Å². The number of pyridine rings is 1. The maximum absolute atomic E-state index is 11.1. The molecule has 0 atom stereocenters. The van der Waals surface area contributed by atoms with Gasteiger partial charge in [0.25, 0.3) is 5.91 Å². The molecule has 0 bridgehead atoms. The zero-order chi connectivity index (χ0) is 10.8. The average Bonchev–Trinajstić information content (AvgIpc) is 3.01. The predicted molar refractivity (Wildman–Crippen MR) is 56.0 cm³/mol. The summed E-state index contributed by atoms with van der Waals surface area (Å²) in [5, 5.41) is 2.88. The standard InChI is InChI=1S/C10H13N3O2/c1-12-9-4-8(15-6-2-3-6)7(5-13-9)10(11)14/h4-6H,2-3H2,1H3,(H2,11,14)(H,12,13). The Bertz CT molecular complexity index is 388. The zero-order valence-electron chi connectivity index (χ0n) is 8.49. The van der Waals surface area contributed by atoms with Crippen LogP contribution in [-0.2, 0) is 0 Å². The maximum atomic E-state index is 11.1. The second-order valence-corrected chi connectivity index (χ2v) is 3.50. The Morgan fingerprint density at radius 1 is 1.67 bits per heavy atom. The predicted octanol–water partition coefficient (Wildman–Crippen LogP) is 0.763. The third kappa shape index (κ3) is 2.18. The number of nitrogens with two attached hydrogens (primary N) is 1. The molecule has 1 aliphatic rings. The van der Waals surface area contributed by atoms with Crippen molar-refractivity contribution < 1.29 is 9.53 Å². The van der Waals surface area contributed by atoms with Crippen LogP contribution in [0.5, 0.6) is 5.75 Å². The van der Waals surface area contributed by atoms with Crippen molar-refractivity contribution >= 4 is 11.7 Å². The van der Waals surface area contributed by atoms with E-state index in [0.29, 0.717) is 17.1 Å². The van der Waals surface area contributed by atoms with Crippen LogP contribution in [-0.4, -0.2) is 24.0 Å². The number of nitrogens with zero attached hydrogens (tertiary/aromatic N) is 1. The molecule has 3 N–H and O–H groups in total. The molecule has 0 unspecified atom stereocenters. The summed E-state index contributed by atoms with van der Waals surface area (Å²) in [6, 6.07) is 1.69. The Balaban J connectivity index is 2.30. The molecule has 5 nitrogen and oxygen atoms in total. The summed E-state index contributed by atoms with van der Waals surface area (Å²) in [6.45, 7) is 0. The van der Waals surface area contributed by atoms with Crippen LogP contribution in [0.3, 0.4) is 0 Å². The molecule has 1 amide bonds. The molecule has 0 saturated heterocycles. The van der Waals surface area contributed by atoms with Crippen molar-refractivity contribution in [2.45, 2.75) is 18.9 Å². The second kappa shape index (κ2) is 3.76. The van der Waals surface area contributed by atoms with Crippen LogP contribution in [0.4, 0.5) is 5.82 Å². The van der Waals surface area contributed by atoms with Crippen LogP contribution in [0.2, 0.25) is 0 Å². The molecule has 1 aliphatic carbocycles. The first-order valence-corrected chi connectivity index (χ1v) is 4.85. The highest BCUT2D eigenvalue weighted by Crippen LogP contribution is 2.29. The molecule has 1 heterocycles. The number of amides is 1. The van der Waals surface area contributed by atoms with Crippen LogP contribution in [0, 0.1) is 0 Å². The lowest BCUT2D eigenvalue weighted by Crippen LogP contribution is -2.14. The third-order valence-corrected chi connectivity index (χ3v) is 2.21. The number of aromatic nitrogens is 1. The van der Waals surface area contributed by atoms with Gasteiger partial charge >= 0.3 is 0 Å². The van der Waals surface area contributed by atoms with Crippen molar-refractivity contribution in [1.29, 1.82) is 0 Å². The molecule has 2 rings (SSSR count). The van der Waals surface area contributed by atoms with Gasteiger partial charge in [-0.3, -0.25) is 4.79 Å². The molecule has 5 heteroatoms. The van der Waals surface area contributed by atoms with E-state index in [1.54, 1.807) is 13.1 Å². The molecule has 0 spiro atoms. The Morgan fingerprint density at radius 2 is 2.40 bits per heavy atom. The summed E-state index contributed by atoms with van der Waals surface area (Å²) in [5.74, 6) is 0.667. The van der Waals surface area contributed by atoms with E-state index in [2.05, 4.69) is 10.3 Å². The Morgan fingerprint density at radius 3 is 2.93 bits per heavy atom. The van der Waals surface area contributed by atoms with E-state index in [1.807, 2.05) is 0 Å². The zero-order valence-corrected chi connectivity index (χ0v) is 8.49. The fourth-order valence-electron chi connectivity index (χ4n) is 1.22. The van der Waals surface area contributed by atoms with Gasteiger partial charge in [-0.05, 0) is 12.8 Å². The van der Waals surface area contributed by atoms with Gasteiger partial charge < -0.3 is 15.8 Å². The van der Waals surface area contributed by atoms with Crippen molar-refractivity contribution in [2.24, 2.45) is 5.73 Å². The van der Waals surface area contributed by atoms with E-state index < -0.39 is 5.91 Å². The molecule has 0 aromatic carbocycles. The maximum Gasteiger partial charge on any atom is 0.254 e. The fourth-order valence-corrected chi connectivity index (χ4v) is 1.22. The Labute approximate surface area is 87.6 Å². The smallest absolute Gasteiger partial charge is 0.254 e. The van der Waals surface area contributed by atoms with Crippen LogP contribution in [0.15, 0.2) is 12.3 Å². The van der Waals surface area contributed by atoms with Gasteiger partial charge in [0, 0.05) is 19.3 Å². The summed E-state index contributed by atoms with van der Waals surface area (Å²) >= 11 is 0. The molecule has 0 aliphatic heterocycles. The van der Waals surface area contributed by atoms with Crippen LogP contribution < -0.4 is 15.8 Å². The highest BCUT2D eigenvalue weighted by molar-refractivity contribution is 5.95. The summed E-state index contributed by atoms with van der Waals surface area (Å²) in [5.41, 5.74) is 5.56. The lowest BCUT2D eigenvalue weighted by Gasteiger charge is -2.09. The van der Waals surface area contributed by atoms with E-state index in [-0.39, 0.29) is 6.10 Å². The van der Waals surface area contributed by atoms with Gasteiger partial charge in [0.05, 0.1) is 11.7 Å². The number of rotatable bonds is 4. The normalized spacial score (nSPS) is 14.7. The fraction of sp³-hybridized carbons (Fsp3) is 0.400. The highest BCUT2D eigenvalue weighted by Gasteiger charge is 2.25. The largest absolute Gasteiger partial charge is 0.489 e. The van der Waals surface area contributed by atoms with Crippen molar-refractivity contribution in [2.75, 3.05) is 12.4 Å². The van der Waals surface area contributed by atoms with E-state index in [1.165, 1.54) is 6.20 Å². The van der Waals surface area contributed by atoms with Crippen LogP contribution >= 0.6 is 0 Å². The SMILES string of the molecule is CNc1cc(OC2CC2)c(C(N)=O)cn1. The number of hydrogen-bond donors (Lipinski definition) is 2. The topological polar surface area (TPSA) is 77.2 Å². The Hall–Kier alpha value is -1.78. The summed E-state index contributed by atoms with van der Waals surface area (Å²) in [4.78, 5) is 15.1. The third-order valence-electron chi connectivity index (χ3n) is 2.21. The average molecular weight is 207 g/mol. The number of ether oxygens (including phenoxy) is 1. The van der Waals surface area contributed by atoms with E-state index in [4.69, 9.17) is 10.5 Å². The van der Waals surface area contributed by atoms with Crippen molar-refractivity contribution in [3.8, 4) is 5.75 Å². The summed E-state index contributed by atoms with van der Waals surface area (Å²) in [6.07, 6.45) is 3.74. The van der Waals surface area contributed by atoms with E-state index >= 15 is 0 Å². The molecule has 1 fully saturated rings. The number of nitrogens with one attached hydrogen (secondary N) is 1. The number of carbonyl (C=O) groups is 1. The molecule has 80 valence electrons. The number of anilines is 1. The first kappa shape index (κ1) is 9.76. The second-order valence-electron chi connectivity index (χ2n) is 3.50. The number of hydrogen-bond acceptors (Lipinski definition) is 4. The molecule has 15 heavy (non-hydrogen) atoms. The monoisotopic (exact) mass is 207 g/mol. The van der Waals surface area contributed by atoms with Gasteiger partial charge in [-0.25, -0.2) is 4.98 Å². The van der Waals surface area contributed by atoms with Crippen molar-refractivity contribution in [3.63, 3.8) is 0 Å². The van der Waals surface area contributed by atoms with Crippen LogP contribution in [0.1, 0.15) is 23.2 Å². The van der Waals surface area contributed by atoms with Crippen LogP contribution in [0.25, 0.3) is 0 Å². The molecular formula is C10H13N3O2. The summed E-state index contributed by atoms with van der Waals surface area (Å²) < 4.78 is 5.58. The van der Waals surface area contributed by atoms with E-state index in [0.717, 1.165) is 12.8 Å². The van der Waals surface area contributed by atoms with Crippen molar-refractivity contribution in [3.05, 3.63) is 17.8 Å². The first-order valence-electron chi connectivity index (χ1n) is 4.85. The molecular weight excluding hydrogens is 194 g/mol. The first-order chi connectivity index (χ1) is 7.20. The summed E-state index contributed by atoms with van der Waals surface area (Å²) in [7, 11) is 1.76. The number of primary amides is 1. The Kier molecular flexibility index (Phi) is 2.45. The highest BCUT2D eigenvalue weighted by atomic mass is 16.5. The van der Waals surface area contributed by atoms with Gasteiger partial charge in [0.2, 0.25) is 0 Å². The lowest BCUT2D eigenvalue weighted by atomic mass is 10.2. The molecule has 0 radical (unpaired) electrons. The number of carbonyl (C=O) groups excluding carboxylic acids is 1. The lowest BCUT2D eigenvalue weighted by molar-refractivity contribution is 0.0995. The van der Waals surface area contributed by atoms with Gasteiger partial charge in [0.1, 0.15) is 11.6 Å². The van der Waals surface area contributed by atoms with Gasteiger partial charge in [-0.1, -0.05) is 0 Å². The van der Waals surface area contributed by atoms with E-state index in [9.17, 15) is 4.79 Å².